The number of benzene rings is 2. The molecule has 20 heavy (non-hydrogen) atoms. The molecule has 2 aromatic carbocycles. The lowest BCUT2D eigenvalue weighted by Gasteiger charge is -2.08. The van der Waals surface area contributed by atoms with Crippen molar-refractivity contribution in [3.05, 3.63) is 63.5 Å². The molecule has 0 saturated heterocycles. The number of aromatic hydroxyl groups is 1. The summed E-state index contributed by atoms with van der Waals surface area (Å²) in [5, 5.41) is 22.9. The summed E-state index contributed by atoms with van der Waals surface area (Å²) in [7, 11) is 0. The fourth-order valence-electron chi connectivity index (χ4n) is 1.80. The van der Waals surface area contributed by atoms with Crippen LogP contribution in [0.15, 0.2) is 36.4 Å². The number of anilines is 1. The van der Waals surface area contributed by atoms with Gasteiger partial charge in [-0.25, -0.2) is 4.39 Å². The van der Waals surface area contributed by atoms with E-state index in [4.69, 9.17) is 5.11 Å². The molecule has 0 heterocycles. The van der Waals surface area contributed by atoms with E-state index < -0.39 is 16.5 Å². The monoisotopic (exact) mass is 276 g/mol. The van der Waals surface area contributed by atoms with E-state index in [9.17, 15) is 14.5 Å². The second-order valence-corrected chi connectivity index (χ2v) is 4.42. The minimum Gasteiger partial charge on any atom is -0.505 e. The van der Waals surface area contributed by atoms with Gasteiger partial charge in [0, 0.05) is 12.6 Å². The van der Waals surface area contributed by atoms with Crippen LogP contribution in [0.3, 0.4) is 0 Å². The molecule has 0 saturated carbocycles. The Balaban J connectivity index is 2.18. The predicted molar refractivity (Wildman–Crippen MR) is 73.2 cm³/mol. The van der Waals surface area contributed by atoms with Crippen molar-refractivity contribution in [2.45, 2.75) is 13.5 Å². The number of nitrogens with zero attached hydrogens (tertiary/aromatic N) is 1. The largest absolute Gasteiger partial charge is 0.505 e. The number of nitro groups is 1. The number of phenols is 1. The maximum Gasteiger partial charge on any atom is 0.292 e. The highest BCUT2D eigenvalue weighted by molar-refractivity contribution is 5.62. The molecule has 0 fully saturated rings. The molecule has 2 rings (SSSR count). The summed E-state index contributed by atoms with van der Waals surface area (Å²) < 4.78 is 13.2. The molecule has 0 aliphatic rings. The number of aryl methyl sites for hydroxylation is 1. The van der Waals surface area contributed by atoms with Crippen LogP contribution in [0.1, 0.15) is 11.1 Å². The fraction of sp³-hybridized carbons (Fsp3) is 0.143. The minimum atomic E-state index is -0.720. The average molecular weight is 276 g/mol. The lowest BCUT2D eigenvalue weighted by atomic mass is 10.1. The Morgan fingerprint density at radius 1 is 1.30 bits per heavy atom. The molecule has 6 heteroatoms. The second-order valence-electron chi connectivity index (χ2n) is 4.42. The molecule has 5 nitrogen and oxygen atoms in total. The molecule has 0 radical (unpaired) electrons. The van der Waals surface area contributed by atoms with Gasteiger partial charge < -0.3 is 10.4 Å². The van der Waals surface area contributed by atoms with Crippen molar-refractivity contribution in [2.24, 2.45) is 0 Å². The van der Waals surface area contributed by atoms with Gasteiger partial charge in [0.2, 0.25) is 0 Å². The van der Waals surface area contributed by atoms with Crippen LogP contribution in [0, 0.1) is 22.9 Å². The van der Waals surface area contributed by atoms with Gasteiger partial charge in [-0.3, -0.25) is 10.1 Å². The number of hydrogen-bond acceptors (Lipinski definition) is 4. The number of nitrogens with one attached hydrogen (secondary N) is 1. The maximum atomic E-state index is 13.2. The van der Waals surface area contributed by atoms with Crippen LogP contribution in [-0.2, 0) is 6.54 Å². The van der Waals surface area contributed by atoms with Gasteiger partial charge in [0.1, 0.15) is 5.69 Å². The number of phenolic OH excluding ortho intramolecular Hbond substituents is 1. The van der Waals surface area contributed by atoms with Crippen molar-refractivity contribution >= 4 is 11.4 Å². The number of nitro benzene ring substituents is 1. The molecule has 0 aliphatic heterocycles. The number of rotatable bonds is 4. The first-order chi connectivity index (χ1) is 9.47. The van der Waals surface area contributed by atoms with Gasteiger partial charge in [-0.15, -0.1) is 0 Å². The summed E-state index contributed by atoms with van der Waals surface area (Å²) in [6.45, 7) is 1.99. The van der Waals surface area contributed by atoms with Gasteiger partial charge in [-0.2, -0.15) is 0 Å². The van der Waals surface area contributed by atoms with E-state index in [1.165, 1.54) is 18.2 Å². The molecule has 0 amide bonds. The Labute approximate surface area is 114 Å². The maximum absolute atomic E-state index is 13.2. The normalized spacial score (nSPS) is 10.3. The SMILES string of the molecule is Cc1ccc(NCc2ccc(O)c(F)c2)c([N+](=O)[O-])c1. The standard InChI is InChI=1S/C14H13FN2O3/c1-9-2-4-12(13(6-9)17(19)20)16-8-10-3-5-14(18)11(15)7-10/h2-7,16,18H,8H2,1H3. The average Bonchev–Trinajstić information content (AvgIpc) is 2.41. The van der Waals surface area contributed by atoms with Gasteiger partial charge in [0.15, 0.2) is 11.6 Å². The zero-order valence-electron chi connectivity index (χ0n) is 10.8. The zero-order valence-corrected chi connectivity index (χ0v) is 10.8. The first kappa shape index (κ1) is 13.8. The van der Waals surface area contributed by atoms with Crippen LogP contribution < -0.4 is 5.32 Å². The van der Waals surface area contributed by atoms with Crippen LogP contribution in [0.25, 0.3) is 0 Å². The van der Waals surface area contributed by atoms with E-state index >= 15 is 0 Å². The molecule has 0 atom stereocenters. The van der Waals surface area contributed by atoms with E-state index in [0.29, 0.717) is 11.3 Å². The van der Waals surface area contributed by atoms with Crippen LogP contribution in [-0.4, -0.2) is 10.0 Å². The van der Waals surface area contributed by atoms with Gasteiger partial charge in [0.05, 0.1) is 4.92 Å². The third kappa shape index (κ3) is 3.03. The van der Waals surface area contributed by atoms with Crippen molar-refractivity contribution in [3.8, 4) is 5.75 Å². The lowest BCUT2D eigenvalue weighted by Crippen LogP contribution is -2.03. The summed E-state index contributed by atoms with van der Waals surface area (Å²) in [5.41, 5.74) is 1.71. The minimum absolute atomic E-state index is 0.0238. The molecule has 0 aliphatic carbocycles. The van der Waals surface area contributed by atoms with Crippen molar-refractivity contribution in [1.82, 2.24) is 0 Å². The molecule has 0 spiro atoms. The molecule has 104 valence electrons. The third-order valence-corrected chi connectivity index (χ3v) is 2.84. The third-order valence-electron chi connectivity index (χ3n) is 2.84. The highest BCUT2D eigenvalue weighted by Gasteiger charge is 2.13. The number of halogens is 1. The van der Waals surface area contributed by atoms with Crippen molar-refractivity contribution in [2.75, 3.05) is 5.32 Å². The van der Waals surface area contributed by atoms with Gasteiger partial charge in [-0.05, 0) is 36.2 Å². The Morgan fingerprint density at radius 3 is 2.70 bits per heavy atom. The van der Waals surface area contributed by atoms with E-state index in [2.05, 4.69) is 5.32 Å². The molecule has 0 aromatic heterocycles. The van der Waals surface area contributed by atoms with E-state index in [0.717, 1.165) is 5.56 Å². The van der Waals surface area contributed by atoms with Crippen LogP contribution in [0.2, 0.25) is 0 Å². The summed E-state index contributed by atoms with van der Waals surface area (Å²) in [5.74, 6) is -1.14. The number of hydrogen-bond donors (Lipinski definition) is 2. The summed E-state index contributed by atoms with van der Waals surface area (Å²) in [4.78, 5) is 10.5. The molecular weight excluding hydrogens is 263 g/mol. The molecular formula is C14H13FN2O3. The Morgan fingerprint density at radius 2 is 2.05 bits per heavy atom. The quantitative estimate of drug-likeness (QED) is 0.663. The van der Waals surface area contributed by atoms with Gasteiger partial charge in [0.25, 0.3) is 5.69 Å². The highest BCUT2D eigenvalue weighted by atomic mass is 19.1. The van der Waals surface area contributed by atoms with Crippen LogP contribution in [0.4, 0.5) is 15.8 Å². The van der Waals surface area contributed by atoms with Crippen LogP contribution in [0.5, 0.6) is 5.75 Å². The van der Waals surface area contributed by atoms with Crippen molar-refractivity contribution in [3.63, 3.8) is 0 Å². The van der Waals surface area contributed by atoms with Gasteiger partial charge in [-0.1, -0.05) is 12.1 Å². The van der Waals surface area contributed by atoms with E-state index in [1.807, 2.05) is 0 Å². The smallest absolute Gasteiger partial charge is 0.292 e. The van der Waals surface area contributed by atoms with Gasteiger partial charge >= 0.3 is 0 Å². The van der Waals surface area contributed by atoms with E-state index in [-0.39, 0.29) is 12.2 Å². The summed E-state index contributed by atoms with van der Waals surface area (Å²) in [6.07, 6.45) is 0. The topological polar surface area (TPSA) is 75.4 Å². The van der Waals surface area contributed by atoms with Crippen molar-refractivity contribution in [1.29, 1.82) is 0 Å². The first-order valence-corrected chi connectivity index (χ1v) is 5.93. The summed E-state index contributed by atoms with van der Waals surface area (Å²) >= 11 is 0. The predicted octanol–water partition coefficient (Wildman–Crippen LogP) is 3.36. The molecule has 0 bridgehead atoms. The zero-order chi connectivity index (χ0) is 14.7. The highest BCUT2D eigenvalue weighted by Crippen LogP contribution is 2.26. The summed E-state index contributed by atoms with van der Waals surface area (Å²) in [6, 6.07) is 8.82. The second kappa shape index (κ2) is 5.56. The molecule has 2 aromatic rings. The Hall–Kier alpha value is -2.63. The first-order valence-electron chi connectivity index (χ1n) is 5.93. The Bertz CT molecular complexity index is 659. The fourth-order valence-corrected chi connectivity index (χ4v) is 1.80. The molecule has 2 N–H and O–H groups in total. The lowest BCUT2D eigenvalue weighted by molar-refractivity contribution is -0.384. The van der Waals surface area contributed by atoms with Crippen LogP contribution >= 0.6 is 0 Å². The van der Waals surface area contributed by atoms with E-state index in [1.54, 1.807) is 25.1 Å². The molecule has 0 unspecified atom stereocenters. The Kier molecular flexibility index (Phi) is 3.84. The van der Waals surface area contributed by atoms with Crippen molar-refractivity contribution < 1.29 is 14.4 Å².